The molecular weight excluding hydrogens is 358 g/mol. The molecule has 0 aliphatic heterocycles. The molecule has 2 N–H and O–H groups in total. The molecule has 0 aliphatic rings. The highest BCUT2D eigenvalue weighted by Gasteiger charge is 2.21. The van der Waals surface area contributed by atoms with Crippen LogP contribution in [0.25, 0.3) is 22.2 Å². The van der Waals surface area contributed by atoms with Gasteiger partial charge in [-0.05, 0) is 24.6 Å². The zero-order valence-electron chi connectivity index (χ0n) is 13.5. The number of sulfonamides is 1. The molecule has 0 saturated carbocycles. The molecule has 4 rings (SSSR count). The van der Waals surface area contributed by atoms with Crippen LogP contribution in [0.5, 0.6) is 0 Å². The number of aromatic amines is 1. The molecule has 0 spiro atoms. The molecule has 9 heteroatoms. The van der Waals surface area contributed by atoms with Gasteiger partial charge < -0.3 is 8.94 Å². The zero-order valence-corrected chi connectivity index (χ0v) is 14.3. The minimum Gasteiger partial charge on any atom is -0.408 e. The molecule has 0 aliphatic carbocycles. The van der Waals surface area contributed by atoms with Crippen molar-refractivity contribution < 1.29 is 17.4 Å². The van der Waals surface area contributed by atoms with Gasteiger partial charge >= 0.3 is 5.76 Å². The van der Waals surface area contributed by atoms with Crippen LogP contribution in [0.3, 0.4) is 0 Å². The Balaban J connectivity index is 1.70. The molecule has 0 radical (unpaired) electrons. The Morgan fingerprint density at radius 2 is 1.88 bits per heavy atom. The molecular formula is C17H13N3O5S. The number of nitrogens with one attached hydrogen (secondary N) is 2. The summed E-state index contributed by atoms with van der Waals surface area (Å²) in [5.74, 6) is -0.649. The maximum atomic E-state index is 12.7. The van der Waals surface area contributed by atoms with E-state index in [1.54, 1.807) is 0 Å². The Morgan fingerprint density at radius 1 is 1.12 bits per heavy atom. The summed E-state index contributed by atoms with van der Waals surface area (Å²) in [6.07, 6.45) is 1.44. The van der Waals surface area contributed by atoms with Crippen molar-refractivity contribution in [2.75, 3.05) is 4.72 Å². The van der Waals surface area contributed by atoms with Gasteiger partial charge in [0.25, 0.3) is 10.0 Å². The van der Waals surface area contributed by atoms with Crippen molar-refractivity contribution in [3.8, 4) is 11.1 Å². The summed E-state index contributed by atoms with van der Waals surface area (Å²) >= 11 is 0. The van der Waals surface area contributed by atoms with Crippen molar-refractivity contribution in [1.82, 2.24) is 10.1 Å². The fourth-order valence-electron chi connectivity index (χ4n) is 2.53. The van der Waals surface area contributed by atoms with E-state index in [0.29, 0.717) is 11.1 Å². The van der Waals surface area contributed by atoms with Crippen LogP contribution in [0.4, 0.5) is 5.88 Å². The minimum absolute atomic E-state index is 0.00414. The molecule has 2 aromatic carbocycles. The number of hydrogen-bond acceptors (Lipinski definition) is 6. The topological polar surface area (TPSA) is 118 Å². The number of fused-ring (bicyclic) bond motifs is 1. The van der Waals surface area contributed by atoms with Crippen molar-refractivity contribution in [1.29, 1.82) is 0 Å². The Labute approximate surface area is 147 Å². The van der Waals surface area contributed by atoms with Gasteiger partial charge in [0.2, 0.25) is 5.88 Å². The number of aromatic nitrogens is 2. The van der Waals surface area contributed by atoms with Crippen LogP contribution in [0, 0.1) is 6.92 Å². The van der Waals surface area contributed by atoms with Gasteiger partial charge in [0.1, 0.15) is 0 Å². The Hall–Kier alpha value is -3.33. The van der Waals surface area contributed by atoms with Gasteiger partial charge in [-0.3, -0.25) is 4.98 Å². The second-order valence-corrected chi connectivity index (χ2v) is 7.40. The van der Waals surface area contributed by atoms with Crippen molar-refractivity contribution in [3.05, 3.63) is 64.8 Å². The summed E-state index contributed by atoms with van der Waals surface area (Å²) in [5.41, 5.74) is 2.92. The third-order valence-corrected chi connectivity index (χ3v) is 5.19. The standard InChI is InChI=1S/C17H13N3O5S/c1-10-2-4-11(5-3-10)13-9-18-25-16(13)20-26(22,23)12-6-7-14-15(8-12)24-17(21)19-14/h2-9,20H,1H3,(H,19,21). The zero-order chi connectivity index (χ0) is 18.3. The van der Waals surface area contributed by atoms with E-state index in [9.17, 15) is 13.2 Å². The number of aryl methyl sites for hydroxylation is 1. The number of H-pyrrole nitrogens is 1. The molecule has 0 fully saturated rings. The highest BCUT2D eigenvalue weighted by atomic mass is 32.2. The molecule has 0 saturated heterocycles. The van der Waals surface area contributed by atoms with E-state index in [0.717, 1.165) is 11.1 Å². The van der Waals surface area contributed by atoms with E-state index in [2.05, 4.69) is 14.9 Å². The summed E-state index contributed by atoms with van der Waals surface area (Å²) in [4.78, 5) is 13.6. The second kappa shape index (κ2) is 5.88. The fourth-order valence-corrected chi connectivity index (χ4v) is 3.54. The summed E-state index contributed by atoms with van der Waals surface area (Å²) in [6, 6.07) is 11.6. The maximum Gasteiger partial charge on any atom is 0.417 e. The van der Waals surface area contributed by atoms with Crippen molar-refractivity contribution in [2.45, 2.75) is 11.8 Å². The van der Waals surface area contributed by atoms with Gasteiger partial charge in [0, 0.05) is 6.07 Å². The average Bonchev–Trinajstić information content (AvgIpc) is 3.19. The van der Waals surface area contributed by atoms with E-state index in [1.165, 1.54) is 24.4 Å². The molecule has 0 atom stereocenters. The Kier molecular flexibility index (Phi) is 3.66. The lowest BCUT2D eigenvalue weighted by Gasteiger charge is -2.07. The first kappa shape index (κ1) is 16.2. The van der Waals surface area contributed by atoms with Gasteiger partial charge in [-0.25, -0.2) is 17.9 Å². The molecule has 4 aromatic rings. The lowest BCUT2D eigenvalue weighted by Crippen LogP contribution is -2.12. The molecule has 0 amide bonds. The highest BCUT2D eigenvalue weighted by Crippen LogP contribution is 2.30. The van der Waals surface area contributed by atoms with E-state index in [-0.39, 0.29) is 16.4 Å². The minimum atomic E-state index is -3.96. The first-order chi connectivity index (χ1) is 12.4. The van der Waals surface area contributed by atoms with E-state index in [4.69, 9.17) is 8.94 Å². The third kappa shape index (κ3) is 2.88. The van der Waals surface area contributed by atoms with Crippen LogP contribution in [-0.4, -0.2) is 18.6 Å². The van der Waals surface area contributed by atoms with Crippen LogP contribution in [-0.2, 0) is 10.0 Å². The highest BCUT2D eigenvalue weighted by molar-refractivity contribution is 7.92. The largest absolute Gasteiger partial charge is 0.417 e. The molecule has 8 nitrogen and oxygen atoms in total. The summed E-state index contributed by atoms with van der Waals surface area (Å²) < 4.78 is 37.7. The summed E-state index contributed by atoms with van der Waals surface area (Å²) in [6.45, 7) is 1.95. The predicted molar refractivity (Wildman–Crippen MR) is 94.3 cm³/mol. The number of nitrogens with zero attached hydrogens (tertiary/aromatic N) is 1. The Bertz CT molecular complexity index is 1250. The number of anilines is 1. The summed E-state index contributed by atoms with van der Waals surface area (Å²) in [7, 11) is -3.96. The SMILES string of the molecule is Cc1ccc(-c2cnoc2NS(=O)(=O)c2ccc3[nH]c(=O)oc3c2)cc1. The third-order valence-electron chi connectivity index (χ3n) is 3.86. The number of hydrogen-bond donors (Lipinski definition) is 2. The fraction of sp³-hybridized carbons (Fsp3) is 0.0588. The summed E-state index contributed by atoms with van der Waals surface area (Å²) in [5, 5.41) is 3.69. The van der Waals surface area contributed by atoms with Gasteiger partial charge in [-0.2, -0.15) is 0 Å². The van der Waals surface area contributed by atoms with Gasteiger partial charge in [0.05, 0.1) is 22.2 Å². The monoisotopic (exact) mass is 371 g/mol. The molecule has 0 unspecified atom stereocenters. The van der Waals surface area contributed by atoms with Crippen molar-refractivity contribution >= 4 is 27.0 Å². The number of oxazole rings is 1. The van der Waals surface area contributed by atoms with Crippen molar-refractivity contribution in [2.24, 2.45) is 0 Å². The average molecular weight is 371 g/mol. The van der Waals surface area contributed by atoms with Gasteiger partial charge in [-0.1, -0.05) is 35.0 Å². The van der Waals surface area contributed by atoms with Crippen LogP contribution in [0.1, 0.15) is 5.56 Å². The van der Waals surface area contributed by atoms with Crippen LogP contribution in [0.2, 0.25) is 0 Å². The quantitative estimate of drug-likeness (QED) is 0.569. The first-order valence-electron chi connectivity index (χ1n) is 7.60. The molecule has 2 heterocycles. The maximum absolute atomic E-state index is 12.7. The first-order valence-corrected chi connectivity index (χ1v) is 9.08. The van der Waals surface area contributed by atoms with E-state index < -0.39 is 15.8 Å². The predicted octanol–water partition coefficient (Wildman–Crippen LogP) is 2.89. The smallest absolute Gasteiger partial charge is 0.408 e. The van der Waals surface area contributed by atoms with E-state index in [1.807, 2.05) is 31.2 Å². The molecule has 0 bridgehead atoms. The number of benzene rings is 2. The van der Waals surface area contributed by atoms with Crippen LogP contribution < -0.4 is 10.5 Å². The molecule has 2 aromatic heterocycles. The second-order valence-electron chi connectivity index (χ2n) is 5.71. The lowest BCUT2D eigenvalue weighted by atomic mass is 10.1. The molecule has 132 valence electrons. The molecule has 26 heavy (non-hydrogen) atoms. The van der Waals surface area contributed by atoms with Gasteiger partial charge in [-0.15, -0.1) is 0 Å². The number of rotatable bonds is 4. The van der Waals surface area contributed by atoms with Crippen molar-refractivity contribution in [3.63, 3.8) is 0 Å². The van der Waals surface area contributed by atoms with Crippen LogP contribution >= 0.6 is 0 Å². The Morgan fingerprint density at radius 3 is 2.65 bits per heavy atom. The lowest BCUT2D eigenvalue weighted by molar-refractivity contribution is 0.435. The normalized spacial score (nSPS) is 11.7. The van der Waals surface area contributed by atoms with Crippen LogP contribution in [0.15, 0.2) is 67.3 Å². The van der Waals surface area contributed by atoms with Gasteiger partial charge in [0.15, 0.2) is 5.58 Å². The van der Waals surface area contributed by atoms with E-state index >= 15 is 0 Å².